The lowest BCUT2D eigenvalue weighted by Crippen LogP contribution is -2.45. The highest BCUT2D eigenvalue weighted by Crippen LogP contribution is 2.49. The molecule has 0 radical (unpaired) electrons. The molecule has 62 heavy (non-hydrogen) atoms. The summed E-state index contributed by atoms with van der Waals surface area (Å²) in [5.74, 6) is 1.50. The third-order valence-corrected chi connectivity index (χ3v) is 14.8. The zero-order valence-electron chi connectivity index (χ0n) is 35.5. The predicted octanol–water partition coefficient (Wildman–Crippen LogP) is 9.11. The fraction of sp³-hybridized carbons (Fsp3) is 0.340. The number of hydrogen-bond acceptors (Lipinski definition) is 5. The van der Waals surface area contributed by atoms with E-state index in [0.29, 0.717) is 30.4 Å². The van der Waals surface area contributed by atoms with Gasteiger partial charge in [-0.2, -0.15) is 0 Å². The highest BCUT2D eigenvalue weighted by atomic mass is 79.9. The first-order chi connectivity index (χ1) is 30.2. The molecule has 0 bridgehead atoms. The normalized spacial score (nSPS) is 16.0. The molecule has 0 amide bonds. The summed E-state index contributed by atoms with van der Waals surface area (Å²) in [6.45, 7) is 7.12. The Kier molecular flexibility index (Phi) is 9.86. The van der Waals surface area contributed by atoms with Crippen LogP contribution in [0.25, 0.3) is 16.5 Å². The fourth-order valence-corrected chi connectivity index (χ4v) is 11.7. The molecule has 11 rings (SSSR count). The smallest absolute Gasteiger partial charge is 0.336 e. The number of hydrogen-bond donors (Lipinski definition) is 1. The quantitative estimate of drug-likeness (QED) is 0.109. The van der Waals surface area contributed by atoms with Gasteiger partial charge in [0.25, 0.3) is 0 Å². The average molecular weight is 890 g/mol. The van der Waals surface area contributed by atoms with E-state index >= 15 is 0 Å². The SMILES string of the molecule is COc1ccc2c(c1)c(CCCC(=O)c1ccc(C3=c4cc5c6c(c4Oc4c3cc3c7c4CCCN7CCC3)CCC[N+]=6CCC5)c(C(=O)O)c1)c(C)n2Cc1ccc(Br)cc1. The number of aromatic carboxylic acids is 1. The predicted molar refractivity (Wildman–Crippen MR) is 247 cm³/mol. The number of anilines is 1. The maximum absolute atomic E-state index is 14.1. The lowest BCUT2D eigenvalue weighted by molar-refractivity contribution is 0.0696. The van der Waals surface area contributed by atoms with Gasteiger partial charge >= 0.3 is 5.97 Å². The molecule has 0 aliphatic carbocycles. The number of fused-ring (bicyclic) bond motifs is 5. The minimum absolute atomic E-state index is 0.0529. The molecule has 0 atom stereocenters. The number of benzene rings is 5. The van der Waals surface area contributed by atoms with E-state index in [9.17, 15) is 14.7 Å². The van der Waals surface area contributed by atoms with E-state index < -0.39 is 5.97 Å². The molecular weight excluding hydrogens is 839 g/mol. The van der Waals surface area contributed by atoms with Crippen molar-refractivity contribution in [3.63, 3.8) is 0 Å². The van der Waals surface area contributed by atoms with E-state index in [-0.39, 0.29) is 11.3 Å². The summed E-state index contributed by atoms with van der Waals surface area (Å²) in [7, 11) is 1.69. The summed E-state index contributed by atoms with van der Waals surface area (Å²) in [5.41, 5.74) is 14.4. The largest absolute Gasteiger partial charge is 0.497 e. The number of carbonyl (C=O) groups excluding carboxylic acids is 1. The summed E-state index contributed by atoms with van der Waals surface area (Å²) in [6.07, 6.45) is 9.84. The van der Waals surface area contributed by atoms with Crippen molar-refractivity contribution in [2.75, 3.05) is 38.2 Å². The Morgan fingerprint density at radius 3 is 2.42 bits per heavy atom. The van der Waals surface area contributed by atoms with Crippen LogP contribution in [0.3, 0.4) is 0 Å². The maximum Gasteiger partial charge on any atom is 0.336 e. The van der Waals surface area contributed by atoms with Crippen LogP contribution in [-0.4, -0.2) is 54.7 Å². The molecule has 0 saturated carbocycles. The van der Waals surface area contributed by atoms with Crippen molar-refractivity contribution in [1.29, 1.82) is 0 Å². The molecule has 8 nitrogen and oxygen atoms in total. The number of ether oxygens (including phenoxy) is 2. The Morgan fingerprint density at radius 1 is 0.839 bits per heavy atom. The molecule has 1 N–H and O–H groups in total. The summed E-state index contributed by atoms with van der Waals surface area (Å²) >= 11 is 3.56. The van der Waals surface area contributed by atoms with Gasteiger partial charge in [-0.1, -0.05) is 40.2 Å². The van der Waals surface area contributed by atoms with Gasteiger partial charge < -0.3 is 24.0 Å². The number of aromatic nitrogens is 1. The molecule has 5 aliphatic rings. The van der Waals surface area contributed by atoms with Crippen LogP contribution in [0.15, 0.2) is 77.3 Å². The van der Waals surface area contributed by atoms with Gasteiger partial charge in [-0.15, -0.1) is 0 Å². The van der Waals surface area contributed by atoms with Gasteiger partial charge in [-0.05, 0) is 129 Å². The van der Waals surface area contributed by atoms with Crippen LogP contribution in [0.2, 0.25) is 0 Å². The highest BCUT2D eigenvalue weighted by Gasteiger charge is 2.36. The Labute approximate surface area is 370 Å². The van der Waals surface area contributed by atoms with Gasteiger partial charge in [-0.3, -0.25) is 4.79 Å². The third-order valence-electron chi connectivity index (χ3n) is 14.3. The van der Waals surface area contributed by atoms with Gasteiger partial charge in [0, 0.05) is 98.7 Å². The van der Waals surface area contributed by atoms with Crippen molar-refractivity contribution in [3.05, 3.63) is 149 Å². The number of ketones is 1. The lowest BCUT2D eigenvalue weighted by atomic mass is 9.81. The first-order valence-electron chi connectivity index (χ1n) is 22.5. The van der Waals surface area contributed by atoms with Crippen LogP contribution in [-0.2, 0) is 38.6 Å². The van der Waals surface area contributed by atoms with Crippen LogP contribution in [0, 0.1) is 6.92 Å². The van der Waals surface area contributed by atoms with Crippen LogP contribution >= 0.6 is 15.9 Å². The molecule has 6 aromatic rings. The van der Waals surface area contributed by atoms with Crippen molar-refractivity contribution in [1.82, 2.24) is 9.14 Å². The number of aryl methyl sites for hydroxylation is 3. The van der Waals surface area contributed by atoms with E-state index in [0.717, 1.165) is 133 Å². The highest BCUT2D eigenvalue weighted by molar-refractivity contribution is 9.10. The van der Waals surface area contributed by atoms with E-state index in [1.165, 1.54) is 50.1 Å². The zero-order chi connectivity index (χ0) is 42.2. The van der Waals surface area contributed by atoms with Crippen LogP contribution in [0.5, 0.6) is 17.2 Å². The summed E-state index contributed by atoms with van der Waals surface area (Å²) < 4.78 is 18.8. The van der Waals surface area contributed by atoms with E-state index in [1.54, 1.807) is 13.2 Å². The lowest BCUT2D eigenvalue weighted by Gasteiger charge is -2.39. The van der Waals surface area contributed by atoms with E-state index in [2.05, 4.69) is 85.4 Å². The van der Waals surface area contributed by atoms with Crippen LogP contribution in [0.4, 0.5) is 5.69 Å². The monoisotopic (exact) mass is 888 g/mol. The Balaban J connectivity index is 0.973. The van der Waals surface area contributed by atoms with Gasteiger partial charge in [0.05, 0.1) is 18.2 Å². The van der Waals surface area contributed by atoms with Gasteiger partial charge in [0.1, 0.15) is 30.3 Å². The number of carbonyl (C=O) groups is 2. The third kappa shape index (κ3) is 6.49. The van der Waals surface area contributed by atoms with E-state index in [4.69, 9.17) is 9.47 Å². The first kappa shape index (κ1) is 39.2. The molecule has 1 aromatic heterocycles. The summed E-state index contributed by atoms with van der Waals surface area (Å²) in [4.78, 5) is 30.1. The number of Topliss-reactive ketones (excluding diaryl/α,β-unsaturated/α-hetero) is 1. The molecule has 0 spiro atoms. The molecule has 6 heterocycles. The Morgan fingerprint density at radius 2 is 1.61 bits per heavy atom. The summed E-state index contributed by atoms with van der Waals surface area (Å²) in [6, 6.07) is 24.7. The molecular formula is C53H51BrN3O5+. The Bertz CT molecular complexity index is 3010. The molecule has 0 saturated heterocycles. The van der Waals surface area contributed by atoms with Crippen LogP contribution < -0.4 is 29.5 Å². The Hall–Kier alpha value is -5.67. The van der Waals surface area contributed by atoms with Gasteiger partial charge in [-0.25, -0.2) is 9.37 Å². The van der Waals surface area contributed by atoms with Crippen molar-refractivity contribution in [3.8, 4) is 17.2 Å². The van der Waals surface area contributed by atoms with Gasteiger partial charge in [0.15, 0.2) is 5.78 Å². The van der Waals surface area contributed by atoms with E-state index in [1.807, 2.05) is 18.2 Å². The van der Waals surface area contributed by atoms with Crippen molar-refractivity contribution < 1.29 is 24.2 Å². The topological polar surface area (TPSA) is 84.0 Å². The standard InChI is InChI=1S/C53H50BrN3O5/c1-31-38(42-29-37(61-2)19-21-46(42)57(31)30-32-14-17-36(54)18-15-32)10-3-13-47(58)33-16-20-39(43(26-33)53(59)60)48-44-27-34-8-4-22-55-24-6-11-40(49(34)55)51(44)62-52-41-12-7-25-56-23-5-9-35(50(41)56)28-45(48)52/h14-21,26-29H,3-13,22-25,30H2,1-2H3/p+1. The second kappa shape index (κ2) is 15.6. The number of nitrogens with zero attached hydrogens (tertiary/aromatic N) is 3. The van der Waals surface area contributed by atoms with Crippen molar-refractivity contribution >= 4 is 49.8 Å². The fourth-order valence-electron chi connectivity index (χ4n) is 11.4. The number of halogens is 1. The number of rotatable bonds is 10. The number of methoxy groups -OCH3 is 1. The van der Waals surface area contributed by atoms with Crippen LogP contribution in [0.1, 0.15) is 109 Å². The molecule has 0 fully saturated rings. The second-order valence-corrected chi connectivity index (χ2v) is 18.8. The molecule has 5 aliphatic heterocycles. The number of carboxylic acids is 1. The molecule has 314 valence electrons. The molecule has 9 heteroatoms. The zero-order valence-corrected chi connectivity index (χ0v) is 37.1. The van der Waals surface area contributed by atoms with Gasteiger partial charge in [0.2, 0.25) is 5.36 Å². The minimum Gasteiger partial charge on any atom is -0.497 e. The molecule has 0 unspecified atom stereocenters. The molecule has 5 aromatic carbocycles. The maximum atomic E-state index is 14.1. The minimum atomic E-state index is -1.03. The second-order valence-electron chi connectivity index (χ2n) is 17.8. The summed E-state index contributed by atoms with van der Waals surface area (Å²) in [5, 5.41) is 14.5. The number of carboxylic acid groups (broad SMARTS) is 1. The van der Waals surface area contributed by atoms with Crippen molar-refractivity contribution in [2.45, 2.75) is 84.1 Å². The first-order valence-corrected chi connectivity index (χ1v) is 23.3. The van der Waals surface area contributed by atoms with Crippen molar-refractivity contribution in [2.24, 2.45) is 0 Å². The average Bonchev–Trinajstić information content (AvgIpc) is 3.55.